The van der Waals surface area contributed by atoms with Crippen molar-refractivity contribution in [3.05, 3.63) is 78.9 Å². The minimum atomic E-state index is -0.189. The van der Waals surface area contributed by atoms with Crippen molar-refractivity contribution >= 4 is 17.3 Å². The van der Waals surface area contributed by atoms with Crippen LogP contribution in [-0.2, 0) is 4.79 Å². The zero-order valence-corrected chi connectivity index (χ0v) is 17.7. The molecule has 3 aromatic rings. The van der Waals surface area contributed by atoms with Gasteiger partial charge in [0.25, 0.3) is 5.91 Å². The summed E-state index contributed by atoms with van der Waals surface area (Å²) in [7, 11) is 2.13. The number of nitrogens with one attached hydrogen (secondary N) is 1. The lowest BCUT2D eigenvalue weighted by Crippen LogP contribution is -2.44. The van der Waals surface area contributed by atoms with Crippen LogP contribution in [0.3, 0.4) is 0 Å². The van der Waals surface area contributed by atoms with Crippen LogP contribution >= 0.6 is 0 Å². The molecule has 3 aromatic carbocycles. The van der Waals surface area contributed by atoms with Gasteiger partial charge in [-0.1, -0.05) is 30.3 Å². The average molecular weight is 418 g/mol. The lowest BCUT2D eigenvalue weighted by Gasteiger charge is -2.35. The molecule has 0 spiro atoms. The second kappa shape index (κ2) is 10.00. The minimum absolute atomic E-state index is 0.0596. The van der Waals surface area contributed by atoms with Crippen molar-refractivity contribution in [1.82, 2.24) is 4.90 Å². The smallest absolute Gasteiger partial charge is 0.262 e. The largest absolute Gasteiger partial charge is 0.484 e. The molecule has 0 aliphatic carbocycles. The van der Waals surface area contributed by atoms with E-state index in [9.17, 15) is 4.79 Å². The third-order valence-electron chi connectivity index (χ3n) is 5.19. The molecule has 1 heterocycles. The van der Waals surface area contributed by atoms with E-state index in [2.05, 4.69) is 22.2 Å². The molecule has 1 fully saturated rings. The quantitative estimate of drug-likeness (QED) is 0.623. The zero-order valence-electron chi connectivity index (χ0n) is 17.7. The highest BCUT2D eigenvalue weighted by molar-refractivity contribution is 5.95. The molecule has 0 aromatic heterocycles. The average Bonchev–Trinajstić information content (AvgIpc) is 2.80. The van der Waals surface area contributed by atoms with Crippen molar-refractivity contribution in [3.63, 3.8) is 0 Å². The first kappa shape index (κ1) is 20.8. The standard InChI is InChI=1S/C25H27N3O3/c1-27-15-17-28(18-16-27)24-10-6-5-9-23(24)26-25(29)19-30-20-11-13-22(14-12-20)31-21-7-3-2-4-8-21/h2-14H,15-19H2,1H3,(H,26,29). The highest BCUT2D eigenvalue weighted by Gasteiger charge is 2.17. The Morgan fingerprint density at radius 2 is 1.42 bits per heavy atom. The van der Waals surface area contributed by atoms with Gasteiger partial charge in [-0.2, -0.15) is 0 Å². The molecule has 0 atom stereocenters. The number of carbonyl (C=O) groups excluding carboxylic acids is 1. The Morgan fingerprint density at radius 3 is 2.16 bits per heavy atom. The Labute approximate surface area is 183 Å². The SMILES string of the molecule is CN1CCN(c2ccccc2NC(=O)COc2ccc(Oc3ccccc3)cc2)CC1. The first-order chi connectivity index (χ1) is 15.2. The molecule has 6 nitrogen and oxygen atoms in total. The van der Waals surface area contributed by atoms with Crippen LogP contribution in [0.2, 0.25) is 0 Å². The summed E-state index contributed by atoms with van der Waals surface area (Å²) in [5.74, 6) is 1.91. The Balaban J connectivity index is 1.31. The van der Waals surface area contributed by atoms with Crippen LogP contribution in [0.25, 0.3) is 0 Å². The van der Waals surface area contributed by atoms with Gasteiger partial charge in [0.05, 0.1) is 11.4 Å². The predicted octanol–water partition coefficient (Wildman–Crippen LogP) is 4.25. The Kier molecular flexibility index (Phi) is 6.69. The van der Waals surface area contributed by atoms with Gasteiger partial charge in [-0.25, -0.2) is 0 Å². The number of carbonyl (C=O) groups is 1. The van der Waals surface area contributed by atoms with E-state index >= 15 is 0 Å². The number of hydrogen-bond acceptors (Lipinski definition) is 5. The molecule has 4 rings (SSSR count). The molecule has 1 saturated heterocycles. The fourth-order valence-corrected chi connectivity index (χ4v) is 3.47. The summed E-state index contributed by atoms with van der Waals surface area (Å²) in [4.78, 5) is 17.1. The van der Waals surface area contributed by atoms with Crippen LogP contribution in [-0.4, -0.2) is 50.6 Å². The molecule has 6 heteroatoms. The molecular formula is C25H27N3O3. The van der Waals surface area contributed by atoms with Crippen LogP contribution in [0, 0.1) is 0 Å². The zero-order chi connectivity index (χ0) is 21.5. The summed E-state index contributed by atoms with van der Waals surface area (Å²) < 4.78 is 11.4. The molecule has 1 aliphatic heterocycles. The third kappa shape index (κ3) is 5.77. The maximum atomic E-state index is 12.5. The van der Waals surface area contributed by atoms with Gasteiger partial charge in [0.1, 0.15) is 17.2 Å². The van der Waals surface area contributed by atoms with Crippen molar-refractivity contribution < 1.29 is 14.3 Å². The Morgan fingerprint density at radius 1 is 0.806 bits per heavy atom. The minimum Gasteiger partial charge on any atom is -0.484 e. The van der Waals surface area contributed by atoms with Crippen LogP contribution < -0.4 is 19.7 Å². The van der Waals surface area contributed by atoms with E-state index in [1.165, 1.54) is 0 Å². The van der Waals surface area contributed by atoms with E-state index in [1.54, 1.807) is 12.1 Å². The van der Waals surface area contributed by atoms with Gasteiger partial charge in [-0.3, -0.25) is 4.79 Å². The number of amides is 1. The monoisotopic (exact) mass is 417 g/mol. The predicted molar refractivity (Wildman–Crippen MR) is 123 cm³/mol. The number of hydrogen-bond donors (Lipinski definition) is 1. The number of nitrogens with zero attached hydrogens (tertiary/aromatic N) is 2. The molecule has 0 unspecified atom stereocenters. The van der Waals surface area contributed by atoms with E-state index in [0.29, 0.717) is 11.5 Å². The van der Waals surface area contributed by atoms with Gasteiger partial charge < -0.3 is 24.6 Å². The van der Waals surface area contributed by atoms with E-state index < -0.39 is 0 Å². The van der Waals surface area contributed by atoms with Crippen molar-refractivity contribution in [2.24, 2.45) is 0 Å². The molecule has 160 valence electrons. The lowest BCUT2D eigenvalue weighted by atomic mass is 10.2. The number of para-hydroxylation sites is 3. The molecular weight excluding hydrogens is 390 g/mol. The lowest BCUT2D eigenvalue weighted by molar-refractivity contribution is -0.118. The van der Waals surface area contributed by atoms with Crippen molar-refractivity contribution in [1.29, 1.82) is 0 Å². The van der Waals surface area contributed by atoms with Gasteiger partial charge in [-0.05, 0) is 55.6 Å². The van der Waals surface area contributed by atoms with E-state index in [4.69, 9.17) is 9.47 Å². The molecule has 31 heavy (non-hydrogen) atoms. The van der Waals surface area contributed by atoms with Gasteiger partial charge in [-0.15, -0.1) is 0 Å². The number of ether oxygens (including phenoxy) is 2. The fourth-order valence-electron chi connectivity index (χ4n) is 3.47. The summed E-state index contributed by atoms with van der Waals surface area (Å²) in [6.45, 7) is 3.84. The van der Waals surface area contributed by atoms with Crippen molar-refractivity contribution in [2.75, 3.05) is 50.1 Å². The van der Waals surface area contributed by atoms with Crippen LogP contribution in [0.1, 0.15) is 0 Å². The van der Waals surface area contributed by atoms with Gasteiger partial charge in [0, 0.05) is 26.2 Å². The third-order valence-corrected chi connectivity index (χ3v) is 5.19. The van der Waals surface area contributed by atoms with Crippen LogP contribution in [0.4, 0.5) is 11.4 Å². The second-order valence-corrected chi connectivity index (χ2v) is 7.53. The van der Waals surface area contributed by atoms with Gasteiger partial charge >= 0.3 is 0 Å². The summed E-state index contributed by atoms with van der Waals surface area (Å²) in [6.07, 6.45) is 0. The molecule has 0 bridgehead atoms. The topological polar surface area (TPSA) is 54.0 Å². The summed E-state index contributed by atoms with van der Waals surface area (Å²) in [5, 5.41) is 2.99. The van der Waals surface area contributed by atoms with Crippen LogP contribution in [0.5, 0.6) is 17.2 Å². The molecule has 1 N–H and O–H groups in total. The normalized spacial score (nSPS) is 14.2. The molecule has 1 amide bonds. The van der Waals surface area contributed by atoms with E-state index in [-0.39, 0.29) is 12.5 Å². The number of benzene rings is 3. The van der Waals surface area contributed by atoms with Crippen LogP contribution in [0.15, 0.2) is 78.9 Å². The first-order valence-electron chi connectivity index (χ1n) is 10.5. The second-order valence-electron chi connectivity index (χ2n) is 7.53. The molecule has 0 radical (unpaired) electrons. The summed E-state index contributed by atoms with van der Waals surface area (Å²) >= 11 is 0. The Hall–Kier alpha value is -3.51. The summed E-state index contributed by atoms with van der Waals surface area (Å²) in [6, 6.07) is 24.7. The van der Waals surface area contributed by atoms with Crippen molar-refractivity contribution in [3.8, 4) is 17.2 Å². The fraction of sp³-hybridized carbons (Fsp3) is 0.240. The molecule has 1 aliphatic rings. The first-order valence-corrected chi connectivity index (χ1v) is 10.5. The summed E-state index contributed by atoms with van der Waals surface area (Å²) in [5.41, 5.74) is 1.86. The van der Waals surface area contributed by atoms with E-state index in [0.717, 1.165) is 43.3 Å². The number of rotatable bonds is 7. The van der Waals surface area contributed by atoms with Gasteiger partial charge in [0.15, 0.2) is 6.61 Å². The van der Waals surface area contributed by atoms with Gasteiger partial charge in [0.2, 0.25) is 0 Å². The van der Waals surface area contributed by atoms with Crippen molar-refractivity contribution in [2.45, 2.75) is 0 Å². The highest BCUT2D eigenvalue weighted by Crippen LogP contribution is 2.27. The highest BCUT2D eigenvalue weighted by atomic mass is 16.5. The number of anilines is 2. The number of likely N-dealkylation sites (N-methyl/N-ethyl adjacent to an activating group) is 1. The maximum Gasteiger partial charge on any atom is 0.262 e. The number of piperazine rings is 1. The van der Waals surface area contributed by atoms with E-state index in [1.807, 2.05) is 66.7 Å². The molecule has 0 saturated carbocycles. The Bertz CT molecular complexity index is 984. The maximum absolute atomic E-state index is 12.5.